The Morgan fingerprint density at radius 2 is 1.68 bits per heavy atom. The van der Waals surface area contributed by atoms with Crippen LogP contribution in [0.1, 0.15) is 28.8 Å². The minimum absolute atomic E-state index is 0.206. The average Bonchev–Trinajstić information content (AvgIpc) is 3.50. The van der Waals surface area contributed by atoms with Crippen molar-refractivity contribution in [3.8, 4) is 5.75 Å². The molecule has 6 rings (SSSR count). The van der Waals surface area contributed by atoms with Gasteiger partial charge in [-0.3, -0.25) is 14.8 Å². The van der Waals surface area contributed by atoms with E-state index in [4.69, 9.17) is 4.74 Å². The molecule has 208 valence electrons. The summed E-state index contributed by atoms with van der Waals surface area (Å²) in [7, 11) is 0. The summed E-state index contributed by atoms with van der Waals surface area (Å²) in [5, 5.41) is 4.03. The van der Waals surface area contributed by atoms with Crippen LogP contribution in [0.15, 0.2) is 72.8 Å². The van der Waals surface area contributed by atoms with Crippen molar-refractivity contribution in [2.45, 2.75) is 45.1 Å². The van der Waals surface area contributed by atoms with E-state index in [1.54, 1.807) is 6.07 Å². The molecule has 2 saturated heterocycles. The SMILES string of the molecule is Cc1ccc(CN2C[C@@H]3C[C@H]2CN3CCOc2cc(Nc3cc(C)nc4ccccc34)cc(C(F)(F)F)c2)cc1. The van der Waals surface area contributed by atoms with Crippen molar-refractivity contribution in [3.05, 3.63) is 95.2 Å². The molecule has 0 saturated carbocycles. The van der Waals surface area contributed by atoms with Gasteiger partial charge in [0.2, 0.25) is 0 Å². The minimum Gasteiger partial charge on any atom is -0.492 e. The van der Waals surface area contributed by atoms with Crippen LogP contribution < -0.4 is 10.1 Å². The standard InChI is InChI=1S/C32H33F3N4O/c1-21-7-9-23(10-8-21)18-39-20-26-17-27(39)19-38(26)11-12-40-28-15-24(32(33,34)35)14-25(16-28)37-31-13-22(2)36-30-6-4-3-5-29(30)31/h3-10,13-16,26-27H,11-12,17-20H2,1-2H3,(H,36,37)/t26-,27-/m0/s1. The molecule has 40 heavy (non-hydrogen) atoms. The highest BCUT2D eigenvalue weighted by Gasteiger charge is 2.42. The fraction of sp³-hybridized carbons (Fsp3) is 0.344. The molecular weight excluding hydrogens is 513 g/mol. The van der Waals surface area contributed by atoms with Crippen LogP contribution in [0.5, 0.6) is 5.75 Å². The number of nitrogens with one attached hydrogen (secondary N) is 1. The lowest BCUT2D eigenvalue weighted by molar-refractivity contribution is -0.137. The highest BCUT2D eigenvalue weighted by molar-refractivity contribution is 5.93. The summed E-state index contributed by atoms with van der Waals surface area (Å²) in [4.78, 5) is 9.48. The largest absolute Gasteiger partial charge is 0.492 e. The Hall–Kier alpha value is -3.62. The molecule has 2 aliphatic rings. The molecule has 2 aliphatic heterocycles. The third-order valence-electron chi connectivity index (χ3n) is 7.98. The molecule has 3 heterocycles. The van der Waals surface area contributed by atoms with Gasteiger partial charge >= 0.3 is 6.18 Å². The van der Waals surface area contributed by atoms with Gasteiger partial charge in [-0.05, 0) is 50.1 Å². The van der Waals surface area contributed by atoms with E-state index >= 15 is 0 Å². The first-order valence-corrected chi connectivity index (χ1v) is 13.7. The van der Waals surface area contributed by atoms with E-state index in [1.165, 1.54) is 11.1 Å². The zero-order valence-electron chi connectivity index (χ0n) is 22.7. The summed E-state index contributed by atoms with van der Waals surface area (Å²) in [6.07, 6.45) is -3.36. The zero-order valence-corrected chi connectivity index (χ0v) is 22.7. The quantitative estimate of drug-likeness (QED) is 0.259. The van der Waals surface area contributed by atoms with Gasteiger partial charge < -0.3 is 10.1 Å². The third-order valence-corrected chi connectivity index (χ3v) is 7.98. The summed E-state index contributed by atoms with van der Waals surface area (Å²) in [5.74, 6) is 0.206. The number of likely N-dealkylation sites (tertiary alicyclic amines) is 2. The van der Waals surface area contributed by atoms with Crippen molar-refractivity contribution < 1.29 is 17.9 Å². The number of halogens is 3. The number of aromatic nitrogens is 1. The van der Waals surface area contributed by atoms with Crippen molar-refractivity contribution in [1.82, 2.24) is 14.8 Å². The van der Waals surface area contributed by atoms with E-state index in [0.717, 1.165) is 54.8 Å². The molecule has 3 aromatic carbocycles. The maximum atomic E-state index is 13.8. The van der Waals surface area contributed by atoms with E-state index in [0.29, 0.717) is 36.6 Å². The number of rotatable bonds is 8. The summed E-state index contributed by atoms with van der Waals surface area (Å²) in [5.41, 5.74) is 4.45. The predicted molar refractivity (Wildman–Crippen MR) is 152 cm³/mol. The summed E-state index contributed by atoms with van der Waals surface area (Å²) in [6, 6.07) is 22.9. The molecule has 1 aromatic heterocycles. The van der Waals surface area contributed by atoms with Crippen molar-refractivity contribution >= 4 is 22.3 Å². The average molecular weight is 547 g/mol. The topological polar surface area (TPSA) is 40.6 Å². The highest BCUT2D eigenvalue weighted by Crippen LogP contribution is 2.36. The van der Waals surface area contributed by atoms with Crippen LogP contribution in [0, 0.1) is 13.8 Å². The first kappa shape index (κ1) is 26.6. The first-order valence-electron chi connectivity index (χ1n) is 13.7. The Bertz CT molecular complexity index is 1500. The summed E-state index contributed by atoms with van der Waals surface area (Å²) < 4.78 is 47.3. The van der Waals surface area contributed by atoms with Gasteiger partial charge in [-0.25, -0.2) is 0 Å². The number of hydrogen-bond donors (Lipinski definition) is 1. The number of ether oxygens (including phenoxy) is 1. The van der Waals surface area contributed by atoms with Crippen LogP contribution in [0.2, 0.25) is 0 Å². The van der Waals surface area contributed by atoms with Gasteiger partial charge in [-0.15, -0.1) is 0 Å². The Kier molecular flexibility index (Phi) is 7.15. The lowest BCUT2D eigenvalue weighted by Crippen LogP contribution is -2.47. The first-order chi connectivity index (χ1) is 19.2. The Labute approximate surface area is 232 Å². The molecule has 0 spiro atoms. The molecular formula is C32H33F3N4O. The summed E-state index contributed by atoms with van der Waals surface area (Å²) in [6.45, 7) is 7.91. The van der Waals surface area contributed by atoms with Gasteiger partial charge in [-0.1, -0.05) is 48.0 Å². The molecule has 2 fully saturated rings. The number of nitrogens with zero attached hydrogens (tertiary/aromatic N) is 3. The van der Waals surface area contributed by atoms with Crippen LogP contribution >= 0.6 is 0 Å². The number of alkyl halides is 3. The molecule has 8 heteroatoms. The zero-order chi connectivity index (χ0) is 27.9. The number of anilines is 2. The van der Waals surface area contributed by atoms with Gasteiger partial charge in [0.1, 0.15) is 12.4 Å². The summed E-state index contributed by atoms with van der Waals surface area (Å²) >= 11 is 0. The number of piperazine rings is 1. The van der Waals surface area contributed by atoms with Gasteiger partial charge in [0, 0.05) is 66.8 Å². The van der Waals surface area contributed by atoms with Gasteiger partial charge in [0.25, 0.3) is 0 Å². The molecule has 0 amide bonds. The fourth-order valence-electron chi connectivity index (χ4n) is 5.99. The molecule has 0 radical (unpaired) electrons. The Morgan fingerprint density at radius 3 is 2.42 bits per heavy atom. The van der Waals surface area contributed by atoms with Crippen LogP contribution in [0.3, 0.4) is 0 Å². The van der Waals surface area contributed by atoms with Crippen LogP contribution in [-0.4, -0.2) is 53.1 Å². The lowest BCUT2D eigenvalue weighted by Gasteiger charge is -2.34. The maximum Gasteiger partial charge on any atom is 0.416 e. The Morgan fingerprint density at radius 1 is 0.925 bits per heavy atom. The number of fused-ring (bicyclic) bond motifs is 3. The third kappa shape index (κ3) is 5.78. The van der Waals surface area contributed by atoms with E-state index < -0.39 is 11.7 Å². The number of hydrogen-bond acceptors (Lipinski definition) is 5. The second-order valence-electron chi connectivity index (χ2n) is 11.0. The van der Waals surface area contributed by atoms with E-state index in [2.05, 4.69) is 51.3 Å². The van der Waals surface area contributed by atoms with Crippen LogP contribution in [0.25, 0.3) is 10.9 Å². The van der Waals surface area contributed by atoms with E-state index in [9.17, 15) is 13.2 Å². The van der Waals surface area contributed by atoms with E-state index in [1.807, 2.05) is 37.3 Å². The molecule has 2 bridgehead atoms. The monoisotopic (exact) mass is 546 g/mol. The number of pyridine rings is 1. The molecule has 5 nitrogen and oxygen atoms in total. The number of aryl methyl sites for hydroxylation is 2. The molecule has 0 aliphatic carbocycles. The second kappa shape index (κ2) is 10.7. The molecule has 2 atom stereocenters. The minimum atomic E-state index is -4.49. The molecule has 0 unspecified atom stereocenters. The van der Waals surface area contributed by atoms with Crippen LogP contribution in [0.4, 0.5) is 24.5 Å². The maximum absolute atomic E-state index is 13.8. The van der Waals surface area contributed by atoms with Gasteiger partial charge in [-0.2, -0.15) is 13.2 Å². The van der Waals surface area contributed by atoms with Crippen molar-refractivity contribution in [1.29, 1.82) is 0 Å². The normalized spacial score (nSPS) is 19.4. The van der Waals surface area contributed by atoms with Crippen molar-refractivity contribution in [3.63, 3.8) is 0 Å². The molecule has 4 aromatic rings. The van der Waals surface area contributed by atoms with Gasteiger partial charge in [0.15, 0.2) is 0 Å². The smallest absolute Gasteiger partial charge is 0.416 e. The fourth-order valence-corrected chi connectivity index (χ4v) is 5.99. The second-order valence-corrected chi connectivity index (χ2v) is 11.0. The van der Waals surface area contributed by atoms with Crippen molar-refractivity contribution in [2.24, 2.45) is 0 Å². The van der Waals surface area contributed by atoms with Crippen molar-refractivity contribution in [2.75, 3.05) is 31.6 Å². The number of benzene rings is 3. The van der Waals surface area contributed by atoms with E-state index in [-0.39, 0.29) is 5.75 Å². The number of para-hydroxylation sites is 1. The Balaban J connectivity index is 1.11. The predicted octanol–water partition coefficient (Wildman–Crippen LogP) is 6.95. The highest BCUT2D eigenvalue weighted by atomic mass is 19.4. The van der Waals surface area contributed by atoms with Gasteiger partial charge in [0.05, 0.1) is 11.1 Å². The molecule has 1 N–H and O–H groups in total. The lowest BCUT2D eigenvalue weighted by atomic mass is 10.1. The van der Waals surface area contributed by atoms with Crippen LogP contribution in [-0.2, 0) is 12.7 Å².